The van der Waals surface area contributed by atoms with Crippen LogP contribution in [0.3, 0.4) is 0 Å². The maximum Gasteiger partial charge on any atom is 0.359 e. The number of ether oxygens (including phenoxy) is 2. The van der Waals surface area contributed by atoms with E-state index >= 15 is 0 Å². The number of hydrogen-bond donors (Lipinski definition) is 2. The molecule has 1 heterocycles. The standard InChI is InChI=1S/C21H17ClF2N4O5/c1-32-20(18(25)29)28-17(26-19(30)12-7-14(23)15(24)8-13(12)22)9-16(27-28)21(31)33-10-11-5-3-2-4-6-11/h2-9,20H,10H2,1H3,(H2,25,29)(H,26,30). The summed E-state index contributed by atoms with van der Waals surface area (Å²) < 4.78 is 37.9. The molecule has 33 heavy (non-hydrogen) atoms. The molecule has 0 aliphatic rings. The Morgan fingerprint density at radius 3 is 2.45 bits per heavy atom. The first-order valence-corrected chi connectivity index (χ1v) is 9.67. The maximum absolute atomic E-state index is 13.6. The Morgan fingerprint density at radius 2 is 1.82 bits per heavy atom. The summed E-state index contributed by atoms with van der Waals surface area (Å²) in [6, 6.07) is 11.2. The van der Waals surface area contributed by atoms with Crippen molar-refractivity contribution in [2.75, 3.05) is 12.4 Å². The fraction of sp³-hybridized carbons (Fsp3) is 0.143. The summed E-state index contributed by atoms with van der Waals surface area (Å²) in [7, 11) is 1.16. The Kier molecular flexibility index (Phi) is 7.36. The van der Waals surface area contributed by atoms with E-state index < -0.39 is 41.2 Å². The number of amides is 2. The average Bonchev–Trinajstić information content (AvgIpc) is 3.18. The predicted octanol–water partition coefficient (Wildman–Crippen LogP) is 3.05. The highest BCUT2D eigenvalue weighted by Crippen LogP contribution is 2.23. The van der Waals surface area contributed by atoms with Crippen LogP contribution < -0.4 is 11.1 Å². The molecule has 9 nitrogen and oxygen atoms in total. The van der Waals surface area contributed by atoms with E-state index in [1.54, 1.807) is 30.3 Å². The van der Waals surface area contributed by atoms with Crippen molar-refractivity contribution < 1.29 is 32.6 Å². The van der Waals surface area contributed by atoms with Crippen LogP contribution in [0.1, 0.15) is 32.6 Å². The number of rotatable bonds is 8. The number of carbonyl (C=O) groups is 3. The number of aromatic nitrogens is 2. The van der Waals surface area contributed by atoms with Crippen LogP contribution >= 0.6 is 11.6 Å². The quantitative estimate of drug-likeness (QED) is 0.378. The van der Waals surface area contributed by atoms with Gasteiger partial charge in [0.15, 0.2) is 17.3 Å². The summed E-state index contributed by atoms with van der Waals surface area (Å²) in [5.74, 6) is -5.56. The van der Waals surface area contributed by atoms with Gasteiger partial charge < -0.3 is 20.5 Å². The number of methoxy groups -OCH3 is 1. The highest BCUT2D eigenvalue weighted by atomic mass is 35.5. The van der Waals surface area contributed by atoms with Crippen LogP contribution in [0.25, 0.3) is 0 Å². The van der Waals surface area contributed by atoms with Crippen molar-refractivity contribution in [3.8, 4) is 0 Å². The SMILES string of the molecule is COC(C(N)=O)n1nc(C(=O)OCc2ccccc2)cc1NC(=O)c1cc(F)c(F)cc1Cl. The predicted molar refractivity (Wildman–Crippen MR) is 112 cm³/mol. The van der Waals surface area contributed by atoms with Crippen molar-refractivity contribution in [1.82, 2.24) is 9.78 Å². The number of carbonyl (C=O) groups excluding carboxylic acids is 3. The van der Waals surface area contributed by atoms with E-state index in [1.165, 1.54) is 0 Å². The molecule has 0 aliphatic carbocycles. The van der Waals surface area contributed by atoms with Crippen molar-refractivity contribution in [3.05, 3.63) is 82.0 Å². The third kappa shape index (κ3) is 5.51. The first kappa shape index (κ1) is 23.8. The summed E-state index contributed by atoms with van der Waals surface area (Å²) in [4.78, 5) is 36.9. The highest BCUT2D eigenvalue weighted by Gasteiger charge is 2.26. The smallest absolute Gasteiger partial charge is 0.359 e. The van der Waals surface area contributed by atoms with Gasteiger partial charge in [-0.1, -0.05) is 41.9 Å². The van der Waals surface area contributed by atoms with Crippen molar-refractivity contribution in [2.45, 2.75) is 12.8 Å². The molecule has 0 spiro atoms. The number of nitrogens with two attached hydrogens (primary N) is 1. The Hall–Kier alpha value is -3.83. The van der Waals surface area contributed by atoms with Crippen molar-refractivity contribution >= 4 is 35.2 Å². The summed E-state index contributed by atoms with van der Waals surface area (Å²) in [5, 5.41) is 5.91. The zero-order chi connectivity index (χ0) is 24.1. The second kappa shape index (κ2) is 10.2. The Balaban J connectivity index is 1.90. The molecule has 1 unspecified atom stereocenters. The third-order valence-corrected chi connectivity index (χ3v) is 4.66. The van der Waals surface area contributed by atoms with Gasteiger partial charge in [0.05, 0.1) is 10.6 Å². The second-order valence-corrected chi connectivity index (χ2v) is 7.02. The van der Waals surface area contributed by atoms with Crippen LogP contribution in [-0.2, 0) is 20.9 Å². The van der Waals surface area contributed by atoms with Gasteiger partial charge in [0.1, 0.15) is 12.4 Å². The van der Waals surface area contributed by atoms with Gasteiger partial charge in [-0.05, 0) is 17.7 Å². The number of halogens is 3. The van der Waals surface area contributed by atoms with E-state index in [0.29, 0.717) is 12.1 Å². The van der Waals surface area contributed by atoms with Gasteiger partial charge in [0, 0.05) is 13.2 Å². The summed E-state index contributed by atoms with van der Waals surface area (Å²) in [6.07, 6.45) is -1.50. The van der Waals surface area contributed by atoms with Crippen molar-refractivity contribution in [1.29, 1.82) is 0 Å². The van der Waals surface area contributed by atoms with Crippen LogP contribution in [0, 0.1) is 11.6 Å². The number of esters is 1. The first-order chi connectivity index (χ1) is 15.7. The zero-order valence-corrected chi connectivity index (χ0v) is 17.8. The molecule has 2 amide bonds. The number of nitrogens with one attached hydrogen (secondary N) is 1. The van der Waals surface area contributed by atoms with Crippen molar-refractivity contribution in [3.63, 3.8) is 0 Å². The second-order valence-electron chi connectivity index (χ2n) is 6.61. The van der Waals surface area contributed by atoms with Crippen molar-refractivity contribution in [2.24, 2.45) is 5.73 Å². The molecule has 0 bridgehead atoms. The first-order valence-electron chi connectivity index (χ1n) is 9.30. The topological polar surface area (TPSA) is 126 Å². The van der Waals surface area contributed by atoms with Gasteiger partial charge in [-0.25, -0.2) is 18.3 Å². The fourth-order valence-corrected chi connectivity index (χ4v) is 3.02. The van der Waals surface area contributed by atoms with Gasteiger partial charge in [0.25, 0.3) is 11.8 Å². The monoisotopic (exact) mass is 478 g/mol. The summed E-state index contributed by atoms with van der Waals surface area (Å²) >= 11 is 5.83. The molecule has 1 atom stereocenters. The van der Waals surface area contributed by atoms with Crippen LogP contribution in [0.5, 0.6) is 0 Å². The van der Waals surface area contributed by atoms with Gasteiger partial charge in [0.2, 0.25) is 6.23 Å². The number of nitrogens with zero attached hydrogens (tertiary/aromatic N) is 2. The van der Waals surface area contributed by atoms with Crippen LogP contribution in [0.4, 0.5) is 14.6 Å². The maximum atomic E-state index is 13.6. The highest BCUT2D eigenvalue weighted by molar-refractivity contribution is 6.34. The zero-order valence-electron chi connectivity index (χ0n) is 17.1. The van der Waals surface area contributed by atoms with Crippen LogP contribution in [0.2, 0.25) is 5.02 Å². The molecule has 3 N–H and O–H groups in total. The van der Waals surface area contributed by atoms with Gasteiger partial charge in [-0.2, -0.15) is 5.10 Å². The third-order valence-electron chi connectivity index (χ3n) is 4.34. The summed E-state index contributed by atoms with van der Waals surface area (Å²) in [5.41, 5.74) is 5.35. The molecule has 172 valence electrons. The molecule has 0 aliphatic heterocycles. The minimum atomic E-state index is -1.50. The molecule has 0 saturated heterocycles. The number of hydrogen-bond acceptors (Lipinski definition) is 6. The molecule has 0 saturated carbocycles. The lowest BCUT2D eigenvalue weighted by atomic mass is 10.2. The molecule has 0 fully saturated rings. The lowest BCUT2D eigenvalue weighted by Gasteiger charge is -2.15. The molecule has 1 aromatic heterocycles. The molecule has 3 rings (SSSR count). The fourth-order valence-electron chi connectivity index (χ4n) is 2.78. The lowest BCUT2D eigenvalue weighted by Crippen LogP contribution is -2.30. The Bertz CT molecular complexity index is 1200. The minimum Gasteiger partial charge on any atom is -0.456 e. The minimum absolute atomic E-state index is 0.0534. The van der Waals surface area contributed by atoms with E-state index in [9.17, 15) is 23.2 Å². The number of benzene rings is 2. The average molecular weight is 479 g/mol. The normalized spacial score (nSPS) is 11.6. The van der Waals surface area contributed by atoms with Crippen LogP contribution in [0.15, 0.2) is 48.5 Å². The van der Waals surface area contributed by atoms with Gasteiger partial charge in [-0.3, -0.25) is 9.59 Å². The molecular weight excluding hydrogens is 462 g/mol. The summed E-state index contributed by atoms with van der Waals surface area (Å²) in [6.45, 7) is -0.0534. The molecule has 0 radical (unpaired) electrons. The largest absolute Gasteiger partial charge is 0.456 e. The molecular formula is C21H17ClF2N4O5. The van der Waals surface area contributed by atoms with E-state index in [-0.39, 0.29) is 23.1 Å². The van der Waals surface area contributed by atoms with E-state index in [0.717, 1.165) is 23.4 Å². The van der Waals surface area contributed by atoms with E-state index in [4.69, 9.17) is 26.8 Å². The number of primary amides is 1. The Morgan fingerprint density at radius 1 is 1.15 bits per heavy atom. The molecule has 3 aromatic rings. The molecule has 2 aromatic carbocycles. The lowest BCUT2D eigenvalue weighted by molar-refractivity contribution is -0.133. The van der Waals surface area contributed by atoms with Gasteiger partial charge in [-0.15, -0.1) is 0 Å². The number of anilines is 1. The van der Waals surface area contributed by atoms with E-state index in [2.05, 4.69) is 10.4 Å². The molecule has 12 heteroatoms. The van der Waals surface area contributed by atoms with Gasteiger partial charge >= 0.3 is 5.97 Å². The Labute approximate surface area is 191 Å². The van der Waals surface area contributed by atoms with E-state index in [1.807, 2.05) is 0 Å². The van der Waals surface area contributed by atoms with Crippen LogP contribution in [-0.4, -0.2) is 34.7 Å².